The number of amides is 1. The fraction of sp³-hybridized carbons (Fsp3) is 0.467. The molecule has 128 valence electrons. The van der Waals surface area contributed by atoms with Gasteiger partial charge in [-0.1, -0.05) is 15.9 Å². The average Bonchev–Trinajstić information content (AvgIpc) is 2.47. The van der Waals surface area contributed by atoms with Crippen LogP contribution in [0, 0.1) is 0 Å². The van der Waals surface area contributed by atoms with Gasteiger partial charge in [-0.3, -0.25) is 4.79 Å². The summed E-state index contributed by atoms with van der Waals surface area (Å²) >= 11 is 3.31. The first-order chi connectivity index (χ1) is 10.9. The number of benzene rings is 1. The zero-order valence-corrected chi connectivity index (χ0v) is 13.9. The van der Waals surface area contributed by atoms with E-state index >= 15 is 0 Å². The van der Waals surface area contributed by atoms with Gasteiger partial charge in [-0.2, -0.15) is 0 Å². The van der Waals surface area contributed by atoms with Crippen LogP contribution in [0.2, 0.25) is 0 Å². The number of hydrogen-bond donors (Lipinski definition) is 2. The number of carboxylic acids is 1. The Hall–Kier alpha value is -1.70. The van der Waals surface area contributed by atoms with Crippen LogP contribution in [0.25, 0.3) is 0 Å². The number of nitrogens with one attached hydrogen (secondary N) is 1. The molecule has 5 nitrogen and oxygen atoms in total. The van der Waals surface area contributed by atoms with Gasteiger partial charge in [-0.25, -0.2) is 13.6 Å². The van der Waals surface area contributed by atoms with E-state index in [1.165, 1.54) is 0 Å². The van der Waals surface area contributed by atoms with E-state index in [0.717, 1.165) is 4.47 Å². The first kappa shape index (κ1) is 19.3. The standard InChI is InChI=1S/C15H18BrF2NO4/c16-10-4-6-11(7-5-10)23-8-2-1-3-14(20)19-12(15(21)22)9-13(17)18/h4-7,12-13H,1-3,8-9H2,(H,19,20)(H,21,22). The number of halogens is 3. The Morgan fingerprint density at radius 1 is 1.22 bits per heavy atom. The maximum Gasteiger partial charge on any atom is 0.326 e. The van der Waals surface area contributed by atoms with Crippen molar-refractivity contribution in [3.63, 3.8) is 0 Å². The molecule has 1 atom stereocenters. The monoisotopic (exact) mass is 393 g/mol. The van der Waals surface area contributed by atoms with Crippen LogP contribution < -0.4 is 10.1 Å². The highest BCUT2D eigenvalue weighted by atomic mass is 79.9. The quantitative estimate of drug-likeness (QED) is 0.598. The fourth-order valence-corrected chi connectivity index (χ4v) is 2.04. The highest BCUT2D eigenvalue weighted by Crippen LogP contribution is 2.16. The molecule has 23 heavy (non-hydrogen) atoms. The van der Waals surface area contributed by atoms with Gasteiger partial charge in [-0.05, 0) is 37.1 Å². The lowest BCUT2D eigenvalue weighted by atomic mass is 10.2. The van der Waals surface area contributed by atoms with Crippen LogP contribution in [0.1, 0.15) is 25.7 Å². The summed E-state index contributed by atoms with van der Waals surface area (Å²) in [5, 5.41) is 10.9. The molecular formula is C15H18BrF2NO4. The number of carbonyl (C=O) groups is 2. The van der Waals surface area contributed by atoms with E-state index in [1.54, 1.807) is 12.1 Å². The van der Waals surface area contributed by atoms with Gasteiger partial charge in [0.1, 0.15) is 11.8 Å². The molecule has 0 bridgehead atoms. The molecule has 0 aliphatic carbocycles. The van der Waals surface area contributed by atoms with Crippen LogP contribution in [-0.2, 0) is 9.59 Å². The fourth-order valence-electron chi connectivity index (χ4n) is 1.77. The molecule has 0 aliphatic heterocycles. The van der Waals surface area contributed by atoms with E-state index in [-0.39, 0.29) is 6.42 Å². The van der Waals surface area contributed by atoms with E-state index in [9.17, 15) is 18.4 Å². The van der Waals surface area contributed by atoms with Crippen LogP contribution in [0.5, 0.6) is 5.75 Å². The Bertz CT molecular complexity index is 511. The highest BCUT2D eigenvalue weighted by molar-refractivity contribution is 9.10. The molecule has 0 saturated heterocycles. The Labute approximate surface area is 141 Å². The third kappa shape index (κ3) is 8.49. The van der Waals surface area contributed by atoms with Gasteiger partial charge in [0.15, 0.2) is 0 Å². The Morgan fingerprint density at radius 2 is 1.87 bits per heavy atom. The molecule has 8 heteroatoms. The minimum absolute atomic E-state index is 0.0662. The van der Waals surface area contributed by atoms with Crippen molar-refractivity contribution in [2.45, 2.75) is 38.2 Å². The highest BCUT2D eigenvalue weighted by Gasteiger charge is 2.23. The van der Waals surface area contributed by atoms with Crippen molar-refractivity contribution in [2.75, 3.05) is 6.61 Å². The number of carbonyl (C=O) groups excluding carboxylic acids is 1. The zero-order chi connectivity index (χ0) is 17.2. The first-order valence-electron chi connectivity index (χ1n) is 7.07. The summed E-state index contributed by atoms with van der Waals surface area (Å²) in [6.45, 7) is 0.411. The second-order valence-electron chi connectivity index (χ2n) is 4.84. The molecule has 2 N–H and O–H groups in total. The molecule has 1 aromatic carbocycles. The Morgan fingerprint density at radius 3 is 2.43 bits per heavy atom. The number of hydrogen-bond acceptors (Lipinski definition) is 3. The molecule has 0 aromatic heterocycles. The summed E-state index contributed by atoms with van der Waals surface area (Å²) in [6, 6.07) is 5.74. The van der Waals surface area contributed by atoms with E-state index in [2.05, 4.69) is 21.2 Å². The predicted octanol–water partition coefficient (Wildman–Crippen LogP) is 3.22. The molecule has 0 spiro atoms. The van der Waals surface area contributed by atoms with Crippen LogP contribution in [0.15, 0.2) is 28.7 Å². The summed E-state index contributed by atoms with van der Waals surface area (Å²) in [6.07, 6.45) is -2.54. The van der Waals surface area contributed by atoms with Crippen molar-refractivity contribution in [1.29, 1.82) is 0 Å². The van der Waals surface area contributed by atoms with Crippen LogP contribution in [0.3, 0.4) is 0 Å². The van der Waals surface area contributed by atoms with E-state index < -0.39 is 30.8 Å². The second kappa shape index (κ2) is 10.1. The summed E-state index contributed by atoms with van der Waals surface area (Å²) < 4.78 is 30.8. The van der Waals surface area contributed by atoms with Crippen molar-refractivity contribution < 1.29 is 28.2 Å². The second-order valence-corrected chi connectivity index (χ2v) is 5.76. The molecule has 0 radical (unpaired) electrons. The lowest BCUT2D eigenvalue weighted by Crippen LogP contribution is -2.41. The molecule has 1 aromatic rings. The SMILES string of the molecule is O=C(CCCCOc1ccc(Br)cc1)NC(CC(F)F)C(=O)O. The maximum absolute atomic E-state index is 12.2. The summed E-state index contributed by atoms with van der Waals surface area (Å²) in [5.41, 5.74) is 0. The molecule has 1 unspecified atom stereocenters. The van der Waals surface area contributed by atoms with Crippen molar-refractivity contribution >= 4 is 27.8 Å². The number of aliphatic carboxylic acids is 1. The molecule has 0 fully saturated rings. The normalized spacial score (nSPS) is 12.0. The maximum atomic E-state index is 12.2. The molecule has 0 saturated carbocycles. The largest absolute Gasteiger partial charge is 0.494 e. The smallest absolute Gasteiger partial charge is 0.326 e. The minimum atomic E-state index is -2.78. The van der Waals surface area contributed by atoms with Gasteiger partial charge >= 0.3 is 5.97 Å². The average molecular weight is 394 g/mol. The number of unbranched alkanes of at least 4 members (excludes halogenated alkanes) is 1. The molecule has 1 amide bonds. The van der Waals surface area contributed by atoms with Gasteiger partial charge < -0.3 is 15.2 Å². The van der Waals surface area contributed by atoms with Crippen LogP contribution in [-0.4, -0.2) is 36.1 Å². The molecule has 0 heterocycles. The third-order valence-corrected chi connectivity index (χ3v) is 3.46. The van der Waals surface area contributed by atoms with E-state index in [1.807, 2.05) is 12.1 Å². The van der Waals surface area contributed by atoms with Crippen molar-refractivity contribution in [3.8, 4) is 5.75 Å². The lowest BCUT2D eigenvalue weighted by Gasteiger charge is -2.13. The zero-order valence-electron chi connectivity index (χ0n) is 12.3. The van der Waals surface area contributed by atoms with Gasteiger partial charge in [-0.15, -0.1) is 0 Å². The van der Waals surface area contributed by atoms with Gasteiger partial charge in [0.25, 0.3) is 0 Å². The molecule has 0 aliphatic rings. The van der Waals surface area contributed by atoms with Crippen molar-refractivity contribution in [1.82, 2.24) is 5.32 Å². The Balaban J connectivity index is 2.20. The van der Waals surface area contributed by atoms with Crippen LogP contribution in [0.4, 0.5) is 8.78 Å². The van der Waals surface area contributed by atoms with Gasteiger partial charge in [0.05, 0.1) is 6.61 Å². The third-order valence-electron chi connectivity index (χ3n) is 2.93. The van der Waals surface area contributed by atoms with E-state index in [4.69, 9.17) is 9.84 Å². The number of carboxylic acid groups (broad SMARTS) is 1. The first-order valence-corrected chi connectivity index (χ1v) is 7.86. The molecule has 1 rings (SSSR count). The summed E-state index contributed by atoms with van der Waals surface area (Å²) in [7, 11) is 0. The number of rotatable bonds is 10. The topological polar surface area (TPSA) is 75.6 Å². The molecular weight excluding hydrogens is 376 g/mol. The van der Waals surface area contributed by atoms with Gasteiger partial charge in [0, 0.05) is 17.3 Å². The van der Waals surface area contributed by atoms with Gasteiger partial charge in [0.2, 0.25) is 12.3 Å². The number of ether oxygens (including phenoxy) is 1. The minimum Gasteiger partial charge on any atom is -0.494 e. The summed E-state index contributed by atoms with van der Waals surface area (Å²) in [5.74, 6) is -1.31. The summed E-state index contributed by atoms with van der Waals surface area (Å²) in [4.78, 5) is 22.3. The van der Waals surface area contributed by atoms with Crippen molar-refractivity contribution in [2.24, 2.45) is 0 Å². The number of alkyl halides is 2. The van der Waals surface area contributed by atoms with Crippen LogP contribution >= 0.6 is 15.9 Å². The lowest BCUT2D eigenvalue weighted by molar-refractivity contribution is -0.143. The predicted molar refractivity (Wildman–Crippen MR) is 83.7 cm³/mol. The Kier molecular flexibility index (Phi) is 8.53. The van der Waals surface area contributed by atoms with Crippen molar-refractivity contribution in [3.05, 3.63) is 28.7 Å². The van der Waals surface area contributed by atoms with E-state index in [0.29, 0.717) is 25.2 Å².